The smallest absolute Gasteiger partial charge is 0.241 e. The molecule has 0 bridgehead atoms. The number of nitrogens with zero attached hydrogens (tertiary/aromatic N) is 2. The van der Waals surface area contributed by atoms with Gasteiger partial charge in [0.05, 0.1) is 13.1 Å². The summed E-state index contributed by atoms with van der Waals surface area (Å²) in [6.45, 7) is 2.28. The van der Waals surface area contributed by atoms with Crippen molar-refractivity contribution < 1.29 is 4.79 Å². The molecule has 0 aromatic heterocycles. The minimum Gasteiger partial charge on any atom is -0.307 e. The van der Waals surface area contributed by atoms with Crippen molar-refractivity contribution in [3.63, 3.8) is 0 Å². The molecule has 130 valence electrons. The zero-order chi connectivity index (χ0) is 17.1. The molecule has 0 saturated heterocycles. The van der Waals surface area contributed by atoms with Gasteiger partial charge in [-0.1, -0.05) is 48.5 Å². The summed E-state index contributed by atoms with van der Waals surface area (Å²) in [4.78, 5) is 17.6. The number of hydrogen-bond donors (Lipinski definition) is 0. The number of rotatable bonds is 8. The van der Waals surface area contributed by atoms with Crippen LogP contribution in [0, 0.1) is 5.92 Å². The van der Waals surface area contributed by atoms with Crippen molar-refractivity contribution in [3.8, 4) is 0 Å². The second-order valence-corrected chi connectivity index (χ2v) is 7.41. The molecule has 0 spiro atoms. The van der Waals surface area contributed by atoms with Gasteiger partial charge in [0, 0.05) is 18.3 Å². The summed E-state index contributed by atoms with van der Waals surface area (Å²) >= 11 is 0. The summed E-state index contributed by atoms with van der Waals surface area (Å²) in [6.07, 6.45) is 5.18. The molecular formula is C22H26N2O. The molecule has 3 heteroatoms. The molecule has 0 radical (unpaired) electrons. The van der Waals surface area contributed by atoms with Crippen molar-refractivity contribution in [1.29, 1.82) is 0 Å². The Morgan fingerprint density at radius 3 is 2.12 bits per heavy atom. The summed E-state index contributed by atoms with van der Waals surface area (Å²) in [7, 11) is 0. The maximum Gasteiger partial charge on any atom is 0.241 e. The maximum atomic E-state index is 13.2. The van der Waals surface area contributed by atoms with Crippen LogP contribution in [0.3, 0.4) is 0 Å². The van der Waals surface area contributed by atoms with E-state index in [-0.39, 0.29) is 5.91 Å². The summed E-state index contributed by atoms with van der Waals surface area (Å²) in [6, 6.07) is 21.0. The number of benzene rings is 2. The highest BCUT2D eigenvalue weighted by atomic mass is 16.2. The lowest BCUT2D eigenvalue weighted by Crippen LogP contribution is -2.42. The molecule has 0 heterocycles. The van der Waals surface area contributed by atoms with Crippen LogP contribution < -0.4 is 4.90 Å². The zero-order valence-corrected chi connectivity index (χ0v) is 14.7. The minimum atomic E-state index is 0.211. The average Bonchev–Trinajstić information content (AvgIpc) is 3.54. The van der Waals surface area contributed by atoms with Gasteiger partial charge in [0.15, 0.2) is 0 Å². The standard InChI is InChI=1S/C22H26N2O/c25-22(17-23(20-13-14-20)15-19-11-12-19)24(21-9-5-2-6-10-21)16-18-7-3-1-4-8-18/h1-10,19-20H,11-17H2. The third-order valence-electron chi connectivity index (χ3n) is 5.14. The molecule has 2 aromatic rings. The third-order valence-corrected chi connectivity index (χ3v) is 5.14. The Bertz CT molecular complexity index is 692. The SMILES string of the molecule is O=C(CN(CC1CC1)C1CC1)N(Cc1ccccc1)c1ccccc1. The van der Waals surface area contributed by atoms with Crippen LogP contribution in [0.1, 0.15) is 31.2 Å². The first-order chi connectivity index (χ1) is 12.3. The van der Waals surface area contributed by atoms with Gasteiger partial charge in [0.2, 0.25) is 5.91 Å². The van der Waals surface area contributed by atoms with Crippen LogP contribution in [-0.2, 0) is 11.3 Å². The molecule has 0 N–H and O–H groups in total. The van der Waals surface area contributed by atoms with Gasteiger partial charge in [-0.05, 0) is 49.3 Å². The molecular weight excluding hydrogens is 308 g/mol. The highest BCUT2D eigenvalue weighted by Crippen LogP contribution is 2.34. The summed E-state index contributed by atoms with van der Waals surface area (Å²) in [5.41, 5.74) is 2.15. The predicted octanol–water partition coefficient (Wildman–Crippen LogP) is 4.09. The largest absolute Gasteiger partial charge is 0.307 e. The Balaban J connectivity index is 1.50. The number of carbonyl (C=O) groups is 1. The van der Waals surface area contributed by atoms with Crippen LogP contribution in [0.4, 0.5) is 5.69 Å². The highest BCUT2D eigenvalue weighted by molar-refractivity contribution is 5.94. The summed E-state index contributed by atoms with van der Waals surface area (Å²) in [5, 5.41) is 0. The van der Waals surface area contributed by atoms with Crippen molar-refractivity contribution in [3.05, 3.63) is 66.2 Å². The summed E-state index contributed by atoms with van der Waals surface area (Å²) in [5.74, 6) is 1.04. The number of anilines is 1. The minimum absolute atomic E-state index is 0.211. The predicted molar refractivity (Wildman–Crippen MR) is 101 cm³/mol. The van der Waals surface area contributed by atoms with Crippen molar-refractivity contribution in [1.82, 2.24) is 4.90 Å². The van der Waals surface area contributed by atoms with Crippen molar-refractivity contribution in [2.45, 2.75) is 38.3 Å². The van der Waals surface area contributed by atoms with Crippen LogP contribution in [0.15, 0.2) is 60.7 Å². The van der Waals surface area contributed by atoms with E-state index in [1.165, 1.54) is 31.2 Å². The Kier molecular flexibility index (Phi) is 4.84. The molecule has 2 aliphatic rings. The molecule has 2 saturated carbocycles. The Labute approximate surface area is 150 Å². The molecule has 4 rings (SSSR count). The lowest BCUT2D eigenvalue weighted by Gasteiger charge is -2.28. The fourth-order valence-corrected chi connectivity index (χ4v) is 3.37. The van der Waals surface area contributed by atoms with Gasteiger partial charge in [0.1, 0.15) is 0 Å². The molecule has 2 aliphatic carbocycles. The van der Waals surface area contributed by atoms with Gasteiger partial charge in [-0.3, -0.25) is 9.69 Å². The second-order valence-electron chi connectivity index (χ2n) is 7.41. The first-order valence-corrected chi connectivity index (χ1v) is 9.43. The maximum absolute atomic E-state index is 13.2. The van der Waals surface area contributed by atoms with E-state index in [0.29, 0.717) is 19.1 Å². The van der Waals surface area contributed by atoms with Crippen LogP contribution in [0.5, 0.6) is 0 Å². The zero-order valence-electron chi connectivity index (χ0n) is 14.7. The molecule has 1 amide bonds. The lowest BCUT2D eigenvalue weighted by atomic mass is 10.2. The summed E-state index contributed by atoms with van der Waals surface area (Å²) < 4.78 is 0. The number of carbonyl (C=O) groups excluding carboxylic acids is 1. The van der Waals surface area contributed by atoms with Gasteiger partial charge < -0.3 is 4.90 Å². The van der Waals surface area contributed by atoms with Crippen LogP contribution in [0.25, 0.3) is 0 Å². The monoisotopic (exact) mass is 334 g/mol. The van der Waals surface area contributed by atoms with E-state index in [4.69, 9.17) is 0 Å². The van der Waals surface area contributed by atoms with Crippen molar-refractivity contribution in [2.75, 3.05) is 18.0 Å². The van der Waals surface area contributed by atoms with E-state index < -0.39 is 0 Å². The normalized spacial score (nSPS) is 16.8. The van der Waals surface area contributed by atoms with Crippen molar-refractivity contribution >= 4 is 11.6 Å². The fourth-order valence-electron chi connectivity index (χ4n) is 3.37. The molecule has 2 fully saturated rings. The van der Waals surface area contributed by atoms with E-state index in [1.807, 2.05) is 53.4 Å². The van der Waals surface area contributed by atoms with Crippen LogP contribution >= 0.6 is 0 Å². The highest BCUT2D eigenvalue weighted by Gasteiger charge is 2.35. The van der Waals surface area contributed by atoms with Crippen LogP contribution in [0.2, 0.25) is 0 Å². The van der Waals surface area contributed by atoms with E-state index in [9.17, 15) is 4.79 Å². The average molecular weight is 334 g/mol. The van der Waals surface area contributed by atoms with E-state index in [1.54, 1.807) is 0 Å². The van der Waals surface area contributed by atoms with Gasteiger partial charge in [-0.25, -0.2) is 0 Å². The van der Waals surface area contributed by atoms with Gasteiger partial charge >= 0.3 is 0 Å². The molecule has 0 aliphatic heterocycles. The molecule has 0 atom stereocenters. The van der Waals surface area contributed by atoms with Gasteiger partial charge in [-0.15, -0.1) is 0 Å². The van der Waals surface area contributed by atoms with E-state index in [2.05, 4.69) is 17.0 Å². The Morgan fingerprint density at radius 1 is 0.880 bits per heavy atom. The topological polar surface area (TPSA) is 23.6 Å². The Hall–Kier alpha value is -2.13. The molecule has 25 heavy (non-hydrogen) atoms. The molecule has 2 aromatic carbocycles. The number of hydrogen-bond acceptors (Lipinski definition) is 2. The van der Waals surface area contributed by atoms with Crippen LogP contribution in [-0.4, -0.2) is 29.9 Å². The first-order valence-electron chi connectivity index (χ1n) is 9.43. The van der Waals surface area contributed by atoms with E-state index in [0.717, 1.165) is 18.2 Å². The lowest BCUT2D eigenvalue weighted by molar-refractivity contribution is -0.120. The van der Waals surface area contributed by atoms with Crippen molar-refractivity contribution in [2.24, 2.45) is 5.92 Å². The quantitative estimate of drug-likeness (QED) is 0.726. The van der Waals surface area contributed by atoms with Gasteiger partial charge in [-0.2, -0.15) is 0 Å². The molecule has 0 unspecified atom stereocenters. The first kappa shape index (κ1) is 16.3. The number of amides is 1. The molecule has 3 nitrogen and oxygen atoms in total. The van der Waals surface area contributed by atoms with E-state index >= 15 is 0 Å². The Morgan fingerprint density at radius 2 is 1.52 bits per heavy atom. The number of para-hydroxylation sites is 1. The fraction of sp³-hybridized carbons (Fsp3) is 0.409. The van der Waals surface area contributed by atoms with Gasteiger partial charge in [0.25, 0.3) is 0 Å². The third kappa shape index (κ3) is 4.49. The second kappa shape index (κ2) is 7.40.